The molecule has 0 fully saturated rings. The Labute approximate surface area is 139 Å². The molecule has 1 aromatic carbocycles. The number of hydrogen-bond acceptors (Lipinski definition) is 6. The fourth-order valence-electron chi connectivity index (χ4n) is 2.15. The Balaban J connectivity index is 1.92. The highest BCUT2D eigenvalue weighted by atomic mass is 16.1. The standard InChI is InChI=1S/C17H16N6O/c1-19-17-21-14(12-5-3-7-20-10-12)9-15(23-17)22-16(24)11-4-2-6-13(18)8-11/h2-10H,18H2,1H3,(H2,19,21,22,23,24). The Bertz CT molecular complexity index is 866. The van der Waals surface area contributed by atoms with Gasteiger partial charge >= 0.3 is 0 Å². The van der Waals surface area contributed by atoms with Crippen LogP contribution in [-0.2, 0) is 0 Å². The lowest BCUT2D eigenvalue weighted by Gasteiger charge is -2.09. The number of nitrogen functional groups attached to an aromatic ring is 1. The molecule has 7 heteroatoms. The molecule has 2 aromatic heterocycles. The zero-order valence-corrected chi connectivity index (χ0v) is 13.0. The van der Waals surface area contributed by atoms with Crippen LogP contribution in [0.3, 0.4) is 0 Å². The van der Waals surface area contributed by atoms with Crippen molar-refractivity contribution < 1.29 is 4.79 Å². The van der Waals surface area contributed by atoms with E-state index in [9.17, 15) is 4.79 Å². The number of hydrogen-bond donors (Lipinski definition) is 3. The van der Waals surface area contributed by atoms with Crippen LogP contribution >= 0.6 is 0 Å². The molecule has 24 heavy (non-hydrogen) atoms. The highest BCUT2D eigenvalue weighted by molar-refractivity contribution is 6.04. The maximum atomic E-state index is 12.4. The molecular weight excluding hydrogens is 304 g/mol. The molecule has 1 amide bonds. The summed E-state index contributed by atoms with van der Waals surface area (Å²) in [5, 5.41) is 5.65. The number of rotatable bonds is 4. The number of nitrogens with two attached hydrogens (primary N) is 1. The Hall–Kier alpha value is -3.48. The number of nitrogens with zero attached hydrogens (tertiary/aromatic N) is 3. The van der Waals surface area contributed by atoms with Crippen LogP contribution in [0.25, 0.3) is 11.3 Å². The van der Waals surface area contributed by atoms with E-state index >= 15 is 0 Å². The van der Waals surface area contributed by atoms with Gasteiger partial charge in [-0.05, 0) is 30.3 Å². The fraction of sp³-hybridized carbons (Fsp3) is 0.0588. The molecule has 0 unspecified atom stereocenters. The molecule has 0 saturated carbocycles. The van der Waals surface area contributed by atoms with E-state index in [-0.39, 0.29) is 5.91 Å². The second-order valence-electron chi connectivity index (χ2n) is 5.03. The van der Waals surface area contributed by atoms with Crippen LogP contribution in [0, 0.1) is 0 Å². The zero-order valence-electron chi connectivity index (χ0n) is 13.0. The van der Waals surface area contributed by atoms with Gasteiger partial charge in [-0.25, -0.2) is 4.98 Å². The first kappa shape index (κ1) is 15.4. The second kappa shape index (κ2) is 6.74. The predicted octanol–water partition coefficient (Wildman–Crippen LogP) is 2.41. The average molecular weight is 320 g/mol. The minimum absolute atomic E-state index is 0.291. The number of carbonyl (C=O) groups is 1. The molecule has 0 bridgehead atoms. The summed E-state index contributed by atoms with van der Waals surface area (Å²) in [4.78, 5) is 25.1. The van der Waals surface area contributed by atoms with Crippen molar-refractivity contribution >= 4 is 23.4 Å². The van der Waals surface area contributed by atoms with Crippen LogP contribution in [0.5, 0.6) is 0 Å². The summed E-state index contributed by atoms with van der Waals surface area (Å²) in [6.07, 6.45) is 3.39. The number of nitrogens with one attached hydrogen (secondary N) is 2. The third-order valence-electron chi connectivity index (χ3n) is 3.30. The van der Waals surface area contributed by atoms with Crippen LogP contribution in [-0.4, -0.2) is 27.9 Å². The van der Waals surface area contributed by atoms with Gasteiger partial charge in [0.25, 0.3) is 5.91 Å². The van der Waals surface area contributed by atoms with Crippen LogP contribution in [0.15, 0.2) is 54.9 Å². The highest BCUT2D eigenvalue weighted by Gasteiger charge is 2.11. The number of pyridine rings is 1. The monoisotopic (exact) mass is 320 g/mol. The molecule has 0 atom stereocenters. The SMILES string of the molecule is CNc1nc(NC(=O)c2cccc(N)c2)cc(-c2cccnc2)n1. The molecule has 7 nitrogen and oxygen atoms in total. The predicted molar refractivity (Wildman–Crippen MR) is 93.6 cm³/mol. The number of carbonyl (C=O) groups excluding carboxylic acids is 1. The van der Waals surface area contributed by atoms with E-state index in [1.54, 1.807) is 49.8 Å². The molecule has 2 heterocycles. The minimum atomic E-state index is -0.291. The van der Waals surface area contributed by atoms with Gasteiger partial charge in [-0.2, -0.15) is 4.98 Å². The van der Waals surface area contributed by atoms with Crippen molar-refractivity contribution in [3.05, 3.63) is 60.4 Å². The van der Waals surface area contributed by atoms with Crippen molar-refractivity contribution in [2.75, 3.05) is 23.4 Å². The minimum Gasteiger partial charge on any atom is -0.399 e. The summed E-state index contributed by atoms with van der Waals surface area (Å²) >= 11 is 0. The highest BCUT2D eigenvalue weighted by Crippen LogP contribution is 2.21. The topological polar surface area (TPSA) is 106 Å². The van der Waals surface area contributed by atoms with E-state index in [0.717, 1.165) is 5.56 Å². The van der Waals surface area contributed by atoms with Gasteiger partial charge in [0, 0.05) is 42.3 Å². The van der Waals surface area contributed by atoms with E-state index < -0.39 is 0 Å². The summed E-state index contributed by atoms with van der Waals surface area (Å²) < 4.78 is 0. The molecule has 0 spiro atoms. The second-order valence-corrected chi connectivity index (χ2v) is 5.03. The third-order valence-corrected chi connectivity index (χ3v) is 3.30. The molecule has 3 aromatic rings. The first-order chi connectivity index (χ1) is 11.7. The Kier molecular flexibility index (Phi) is 4.33. The average Bonchev–Trinajstić information content (AvgIpc) is 2.62. The van der Waals surface area contributed by atoms with Gasteiger partial charge in [-0.15, -0.1) is 0 Å². The lowest BCUT2D eigenvalue weighted by molar-refractivity contribution is 0.102. The van der Waals surface area contributed by atoms with E-state index in [0.29, 0.717) is 28.7 Å². The number of amides is 1. The van der Waals surface area contributed by atoms with Crippen LogP contribution < -0.4 is 16.4 Å². The van der Waals surface area contributed by atoms with Gasteiger partial charge < -0.3 is 16.4 Å². The zero-order chi connectivity index (χ0) is 16.9. The third kappa shape index (κ3) is 3.46. The van der Waals surface area contributed by atoms with E-state index in [1.165, 1.54) is 0 Å². The Morgan fingerprint density at radius 3 is 2.71 bits per heavy atom. The molecule has 120 valence electrons. The first-order valence-electron chi connectivity index (χ1n) is 7.30. The normalized spacial score (nSPS) is 10.2. The number of anilines is 3. The summed E-state index contributed by atoms with van der Waals surface area (Å²) in [6, 6.07) is 12.2. The molecular formula is C17H16N6O. The summed E-state index contributed by atoms with van der Waals surface area (Å²) in [5.74, 6) is 0.500. The van der Waals surface area contributed by atoms with Gasteiger partial charge in [-0.3, -0.25) is 9.78 Å². The molecule has 0 saturated heterocycles. The molecule has 0 radical (unpaired) electrons. The van der Waals surface area contributed by atoms with Crippen LogP contribution in [0.1, 0.15) is 10.4 Å². The van der Waals surface area contributed by atoms with Crippen LogP contribution in [0.2, 0.25) is 0 Å². The first-order valence-corrected chi connectivity index (χ1v) is 7.30. The lowest BCUT2D eigenvalue weighted by Crippen LogP contribution is -2.14. The van der Waals surface area contributed by atoms with E-state index in [2.05, 4.69) is 25.6 Å². The molecule has 0 aliphatic carbocycles. The molecule has 3 rings (SSSR count). The van der Waals surface area contributed by atoms with E-state index in [4.69, 9.17) is 5.73 Å². The summed E-state index contributed by atoms with van der Waals surface area (Å²) in [6.45, 7) is 0. The number of aromatic nitrogens is 3. The van der Waals surface area contributed by atoms with Crippen molar-refractivity contribution in [3.8, 4) is 11.3 Å². The fourth-order valence-corrected chi connectivity index (χ4v) is 2.15. The quantitative estimate of drug-likeness (QED) is 0.637. The molecule has 4 N–H and O–H groups in total. The van der Waals surface area contributed by atoms with Gasteiger partial charge in [0.15, 0.2) is 0 Å². The van der Waals surface area contributed by atoms with Gasteiger partial charge in [-0.1, -0.05) is 6.07 Å². The van der Waals surface area contributed by atoms with Crippen molar-refractivity contribution in [1.29, 1.82) is 0 Å². The molecule has 0 aliphatic rings. The van der Waals surface area contributed by atoms with E-state index in [1.807, 2.05) is 12.1 Å². The smallest absolute Gasteiger partial charge is 0.256 e. The Morgan fingerprint density at radius 2 is 2.00 bits per heavy atom. The van der Waals surface area contributed by atoms with Crippen molar-refractivity contribution in [2.45, 2.75) is 0 Å². The van der Waals surface area contributed by atoms with Crippen molar-refractivity contribution in [3.63, 3.8) is 0 Å². The van der Waals surface area contributed by atoms with Gasteiger partial charge in [0.05, 0.1) is 5.69 Å². The summed E-state index contributed by atoms with van der Waals surface area (Å²) in [5.41, 5.74) is 8.19. The number of benzene rings is 1. The summed E-state index contributed by atoms with van der Waals surface area (Å²) in [7, 11) is 1.71. The van der Waals surface area contributed by atoms with Crippen molar-refractivity contribution in [1.82, 2.24) is 15.0 Å². The van der Waals surface area contributed by atoms with Gasteiger partial charge in [0.2, 0.25) is 5.95 Å². The van der Waals surface area contributed by atoms with Crippen molar-refractivity contribution in [2.24, 2.45) is 0 Å². The largest absolute Gasteiger partial charge is 0.399 e. The Morgan fingerprint density at radius 1 is 1.12 bits per heavy atom. The molecule has 0 aliphatic heterocycles. The maximum absolute atomic E-state index is 12.4. The van der Waals surface area contributed by atoms with Gasteiger partial charge in [0.1, 0.15) is 5.82 Å². The lowest BCUT2D eigenvalue weighted by atomic mass is 10.2. The maximum Gasteiger partial charge on any atom is 0.256 e. The van der Waals surface area contributed by atoms with Crippen LogP contribution in [0.4, 0.5) is 17.5 Å².